The van der Waals surface area contributed by atoms with Gasteiger partial charge in [0.05, 0.1) is 7.11 Å². The molecule has 7 nitrogen and oxygen atoms in total. The van der Waals surface area contributed by atoms with Crippen molar-refractivity contribution in [3.63, 3.8) is 0 Å². The van der Waals surface area contributed by atoms with Crippen LogP contribution in [0, 0.1) is 17.8 Å². The fraction of sp³-hybridized carbons (Fsp3) is 0.367. The Labute approximate surface area is 217 Å². The number of carbonyl (C=O) groups excluding carboxylic acids is 2. The number of pyridine rings is 1. The van der Waals surface area contributed by atoms with E-state index in [9.17, 15) is 9.59 Å². The van der Waals surface area contributed by atoms with Gasteiger partial charge < -0.3 is 20.7 Å². The van der Waals surface area contributed by atoms with Gasteiger partial charge in [-0.3, -0.25) is 0 Å². The molecule has 3 aromatic rings. The van der Waals surface area contributed by atoms with Crippen LogP contribution in [0.1, 0.15) is 54.4 Å². The molecule has 2 aromatic carbocycles. The number of rotatable bonds is 6. The first-order valence-electron chi connectivity index (χ1n) is 13.1. The lowest BCUT2D eigenvalue weighted by molar-refractivity contribution is -0.00518. The Morgan fingerprint density at radius 2 is 1.35 bits per heavy atom. The highest BCUT2D eigenvalue weighted by Crippen LogP contribution is 2.60. The van der Waals surface area contributed by atoms with Crippen LogP contribution in [-0.2, 0) is 10.2 Å². The van der Waals surface area contributed by atoms with Crippen LogP contribution in [0.3, 0.4) is 0 Å². The maximum Gasteiger partial charge on any atom is 0.341 e. The van der Waals surface area contributed by atoms with E-state index in [1.54, 1.807) is 30.5 Å². The Morgan fingerprint density at radius 3 is 1.92 bits per heavy atom. The van der Waals surface area contributed by atoms with Crippen molar-refractivity contribution in [2.45, 2.75) is 43.9 Å². The van der Waals surface area contributed by atoms with Crippen molar-refractivity contribution in [3.8, 4) is 0 Å². The highest BCUT2D eigenvalue weighted by atomic mass is 16.5. The summed E-state index contributed by atoms with van der Waals surface area (Å²) in [7, 11) is 1.34. The normalized spacial score (nSPS) is 25.4. The molecule has 0 saturated heterocycles. The third kappa shape index (κ3) is 4.78. The third-order valence-electron chi connectivity index (χ3n) is 8.41. The van der Waals surface area contributed by atoms with Gasteiger partial charge in [-0.2, -0.15) is 0 Å². The highest BCUT2D eigenvalue weighted by Gasteiger charge is 2.51. The Kier molecular flexibility index (Phi) is 6.07. The second kappa shape index (κ2) is 9.54. The molecule has 1 heterocycles. The van der Waals surface area contributed by atoms with E-state index in [2.05, 4.69) is 33.1 Å². The van der Waals surface area contributed by atoms with Gasteiger partial charge in [0.2, 0.25) is 0 Å². The minimum Gasteiger partial charge on any atom is -0.465 e. The van der Waals surface area contributed by atoms with Gasteiger partial charge in [0, 0.05) is 23.3 Å². The minimum absolute atomic E-state index is 0.291. The number of ether oxygens (including phenoxy) is 1. The lowest BCUT2D eigenvalue weighted by Gasteiger charge is -2.57. The molecular weight excluding hydrogens is 464 g/mol. The molecule has 3 N–H and O–H groups in total. The van der Waals surface area contributed by atoms with Crippen molar-refractivity contribution in [2.24, 2.45) is 17.8 Å². The number of amides is 2. The Balaban J connectivity index is 1.06. The van der Waals surface area contributed by atoms with E-state index < -0.39 is 5.97 Å². The molecule has 4 saturated carbocycles. The summed E-state index contributed by atoms with van der Waals surface area (Å²) in [6.07, 6.45) is 9.92. The van der Waals surface area contributed by atoms with E-state index in [4.69, 9.17) is 4.74 Å². The standard InChI is InChI=1S/C30H32N4O3/c1-37-28(35)26-3-2-12-31-27(26)32-23-8-10-25(11-9-23)34-29(36)33-24-6-4-22(5-7-24)30-16-19-13-20(17-30)15-21(14-19)18-30/h2-12,19-21H,13-18H2,1H3,(H,31,32)(H2,33,34,36). The first kappa shape index (κ1) is 23.5. The highest BCUT2D eigenvalue weighted by molar-refractivity contribution is 6.00. The summed E-state index contributed by atoms with van der Waals surface area (Å²) in [5.74, 6) is 2.68. The van der Waals surface area contributed by atoms with Gasteiger partial charge in [0.25, 0.3) is 0 Å². The van der Waals surface area contributed by atoms with E-state index in [1.165, 1.54) is 51.2 Å². The van der Waals surface area contributed by atoms with Crippen LogP contribution >= 0.6 is 0 Å². The Bertz CT molecular complexity index is 1270. The molecule has 4 bridgehead atoms. The maximum absolute atomic E-state index is 12.6. The van der Waals surface area contributed by atoms with Gasteiger partial charge in [-0.05, 0) is 116 Å². The lowest BCUT2D eigenvalue weighted by Crippen LogP contribution is -2.48. The van der Waals surface area contributed by atoms with Crippen molar-refractivity contribution in [1.29, 1.82) is 0 Å². The van der Waals surface area contributed by atoms with Gasteiger partial charge in [-0.1, -0.05) is 12.1 Å². The number of benzene rings is 2. The van der Waals surface area contributed by atoms with Gasteiger partial charge >= 0.3 is 12.0 Å². The second-order valence-corrected chi connectivity index (χ2v) is 10.9. The largest absolute Gasteiger partial charge is 0.465 e. The Morgan fingerprint density at radius 1 is 0.811 bits per heavy atom. The molecule has 190 valence electrons. The SMILES string of the molecule is COC(=O)c1cccnc1Nc1ccc(NC(=O)Nc2ccc(C34CC5CC(CC(C5)C3)C4)cc2)cc1. The number of anilines is 4. The molecule has 0 radical (unpaired) electrons. The average molecular weight is 497 g/mol. The fourth-order valence-electron chi connectivity index (χ4n) is 7.22. The lowest BCUT2D eigenvalue weighted by atomic mass is 9.48. The summed E-state index contributed by atoms with van der Waals surface area (Å²) in [4.78, 5) is 28.8. The third-order valence-corrected chi connectivity index (χ3v) is 8.41. The monoisotopic (exact) mass is 496 g/mol. The van der Waals surface area contributed by atoms with Crippen molar-refractivity contribution in [3.05, 3.63) is 78.0 Å². The Hall–Kier alpha value is -3.87. The van der Waals surface area contributed by atoms with E-state index in [0.29, 0.717) is 22.5 Å². The number of carbonyl (C=O) groups is 2. The van der Waals surface area contributed by atoms with Crippen molar-refractivity contribution in [2.75, 3.05) is 23.1 Å². The summed E-state index contributed by atoms with van der Waals surface area (Å²) < 4.78 is 4.81. The van der Waals surface area contributed by atoms with Crippen molar-refractivity contribution < 1.29 is 14.3 Å². The number of hydrogen-bond acceptors (Lipinski definition) is 5. The molecule has 7 heteroatoms. The van der Waals surface area contributed by atoms with Crippen LogP contribution in [0.5, 0.6) is 0 Å². The number of nitrogens with one attached hydrogen (secondary N) is 3. The summed E-state index contributed by atoms with van der Waals surface area (Å²) in [5.41, 5.74) is 4.33. The maximum atomic E-state index is 12.6. The van der Waals surface area contributed by atoms with Gasteiger partial charge in [0.1, 0.15) is 11.4 Å². The molecule has 0 spiro atoms. The van der Waals surface area contributed by atoms with Crippen LogP contribution in [0.25, 0.3) is 0 Å². The number of methoxy groups -OCH3 is 1. The van der Waals surface area contributed by atoms with Crippen LogP contribution in [-0.4, -0.2) is 24.1 Å². The molecule has 1 aromatic heterocycles. The molecule has 37 heavy (non-hydrogen) atoms. The molecule has 0 aliphatic heterocycles. The minimum atomic E-state index is -0.462. The molecule has 2 amide bonds. The fourth-order valence-corrected chi connectivity index (χ4v) is 7.22. The molecule has 4 aliphatic rings. The molecule has 4 fully saturated rings. The summed E-state index contributed by atoms with van der Waals surface area (Å²) >= 11 is 0. The topological polar surface area (TPSA) is 92.3 Å². The summed E-state index contributed by atoms with van der Waals surface area (Å²) in [6.45, 7) is 0. The van der Waals surface area contributed by atoms with Crippen molar-refractivity contribution >= 4 is 34.9 Å². The zero-order valence-corrected chi connectivity index (χ0v) is 21.0. The second-order valence-electron chi connectivity index (χ2n) is 10.9. The smallest absolute Gasteiger partial charge is 0.341 e. The van der Waals surface area contributed by atoms with Crippen LogP contribution in [0.2, 0.25) is 0 Å². The number of urea groups is 1. The summed E-state index contributed by atoms with van der Waals surface area (Å²) in [6, 6.07) is 18.8. The molecule has 0 atom stereocenters. The van der Waals surface area contributed by atoms with E-state index >= 15 is 0 Å². The van der Waals surface area contributed by atoms with Gasteiger partial charge in [-0.25, -0.2) is 14.6 Å². The summed E-state index contributed by atoms with van der Waals surface area (Å²) in [5, 5.41) is 8.94. The first-order chi connectivity index (χ1) is 18.0. The van der Waals surface area contributed by atoms with Crippen LogP contribution in [0.15, 0.2) is 66.9 Å². The van der Waals surface area contributed by atoms with E-state index in [1.807, 2.05) is 24.3 Å². The first-order valence-corrected chi connectivity index (χ1v) is 13.1. The van der Waals surface area contributed by atoms with Crippen LogP contribution in [0.4, 0.5) is 27.7 Å². The molecule has 4 aliphatic carbocycles. The zero-order chi connectivity index (χ0) is 25.4. The number of esters is 1. The zero-order valence-electron chi connectivity index (χ0n) is 21.0. The quantitative estimate of drug-likeness (QED) is 0.329. The van der Waals surface area contributed by atoms with E-state index in [-0.39, 0.29) is 6.03 Å². The molecule has 7 rings (SSSR count). The average Bonchev–Trinajstić information content (AvgIpc) is 2.89. The van der Waals surface area contributed by atoms with Gasteiger partial charge in [0.15, 0.2) is 0 Å². The number of aromatic nitrogens is 1. The molecular formula is C30H32N4O3. The van der Waals surface area contributed by atoms with Crippen molar-refractivity contribution in [1.82, 2.24) is 4.98 Å². The number of hydrogen-bond donors (Lipinski definition) is 3. The van der Waals surface area contributed by atoms with Gasteiger partial charge in [-0.15, -0.1) is 0 Å². The number of nitrogens with zero attached hydrogens (tertiary/aromatic N) is 1. The van der Waals surface area contributed by atoms with Crippen LogP contribution < -0.4 is 16.0 Å². The van der Waals surface area contributed by atoms with E-state index in [0.717, 1.165) is 29.1 Å². The predicted molar refractivity (Wildman–Crippen MR) is 144 cm³/mol. The molecule has 0 unspecified atom stereocenters. The predicted octanol–water partition coefficient (Wildman–Crippen LogP) is 6.72.